The average Bonchev–Trinajstić information content (AvgIpc) is 2.31. The van der Waals surface area contributed by atoms with Crippen molar-refractivity contribution >= 4 is 33.2 Å². The largest absolute Gasteiger partial charge is 0.245 e. The van der Waals surface area contributed by atoms with Crippen LogP contribution in [0.4, 0.5) is 0 Å². The van der Waals surface area contributed by atoms with Crippen LogP contribution in [0.2, 0.25) is 10.0 Å². The SMILES string of the molecule is CC1CCCC(C)N1S(=O)(=O)c1cc(Cl)ccc1Cl. The third-order valence-electron chi connectivity index (χ3n) is 3.56. The summed E-state index contributed by atoms with van der Waals surface area (Å²) in [5, 5.41) is 0.592. The van der Waals surface area contributed by atoms with Gasteiger partial charge in [0.25, 0.3) is 0 Å². The molecule has 1 aromatic carbocycles. The zero-order chi connectivity index (χ0) is 14.2. The molecule has 1 aliphatic heterocycles. The van der Waals surface area contributed by atoms with Crippen molar-refractivity contribution in [1.29, 1.82) is 0 Å². The second-order valence-electron chi connectivity index (χ2n) is 5.04. The molecule has 0 spiro atoms. The molecule has 0 saturated carbocycles. The third kappa shape index (κ3) is 2.92. The summed E-state index contributed by atoms with van der Waals surface area (Å²) in [4.78, 5) is 0.0993. The van der Waals surface area contributed by atoms with E-state index in [1.165, 1.54) is 12.1 Å². The Kier molecular flexibility index (Phi) is 4.45. The van der Waals surface area contributed by atoms with Crippen LogP contribution in [-0.4, -0.2) is 24.8 Å². The van der Waals surface area contributed by atoms with Gasteiger partial charge in [-0.1, -0.05) is 29.6 Å². The predicted molar refractivity (Wildman–Crippen MR) is 78.3 cm³/mol. The zero-order valence-corrected chi connectivity index (χ0v) is 13.3. The summed E-state index contributed by atoms with van der Waals surface area (Å²) in [6, 6.07) is 4.52. The number of benzene rings is 1. The Balaban J connectivity index is 2.49. The molecular weight excluding hydrogens is 305 g/mol. The van der Waals surface area contributed by atoms with Gasteiger partial charge >= 0.3 is 0 Å². The molecule has 0 aliphatic carbocycles. The second-order valence-corrected chi connectivity index (χ2v) is 7.69. The monoisotopic (exact) mass is 321 g/mol. The van der Waals surface area contributed by atoms with E-state index in [1.807, 2.05) is 13.8 Å². The lowest BCUT2D eigenvalue weighted by atomic mass is 10.0. The van der Waals surface area contributed by atoms with E-state index >= 15 is 0 Å². The van der Waals surface area contributed by atoms with Crippen molar-refractivity contribution in [1.82, 2.24) is 4.31 Å². The Bertz CT molecular complexity index is 564. The van der Waals surface area contributed by atoms with Crippen molar-refractivity contribution < 1.29 is 8.42 Å². The molecular formula is C13H17Cl2NO2S. The normalized spacial score (nSPS) is 25.5. The molecule has 19 heavy (non-hydrogen) atoms. The van der Waals surface area contributed by atoms with Crippen LogP contribution in [-0.2, 0) is 10.0 Å². The predicted octanol–water partition coefficient (Wildman–Crippen LogP) is 3.95. The summed E-state index contributed by atoms with van der Waals surface area (Å²) < 4.78 is 27.1. The minimum absolute atomic E-state index is 0.0104. The number of rotatable bonds is 2. The lowest BCUT2D eigenvalue weighted by Gasteiger charge is -2.37. The van der Waals surface area contributed by atoms with Gasteiger partial charge in [-0.25, -0.2) is 8.42 Å². The summed E-state index contributed by atoms with van der Waals surface area (Å²) in [5.74, 6) is 0. The molecule has 0 amide bonds. The smallest absolute Gasteiger partial charge is 0.207 e. The molecule has 1 saturated heterocycles. The number of halogens is 2. The van der Waals surface area contributed by atoms with Gasteiger partial charge in [-0.2, -0.15) is 4.31 Å². The first kappa shape index (κ1) is 15.1. The van der Waals surface area contributed by atoms with Gasteiger partial charge in [-0.15, -0.1) is 0 Å². The minimum atomic E-state index is -3.60. The molecule has 1 heterocycles. The summed E-state index contributed by atoms with van der Waals surface area (Å²) >= 11 is 11.9. The van der Waals surface area contributed by atoms with Gasteiger partial charge in [-0.05, 0) is 44.9 Å². The highest BCUT2D eigenvalue weighted by atomic mass is 35.5. The Hall–Kier alpha value is -0.290. The van der Waals surface area contributed by atoms with Gasteiger partial charge in [0.2, 0.25) is 10.0 Å². The minimum Gasteiger partial charge on any atom is -0.207 e. The Labute approximate surface area is 124 Å². The lowest BCUT2D eigenvalue weighted by molar-refractivity contribution is 0.204. The first-order valence-electron chi connectivity index (χ1n) is 6.32. The van der Waals surface area contributed by atoms with E-state index in [9.17, 15) is 8.42 Å². The van der Waals surface area contributed by atoms with Crippen LogP contribution in [0, 0.1) is 0 Å². The molecule has 3 nitrogen and oxygen atoms in total. The van der Waals surface area contributed by atoms with Gasteiger partial charge in [-0.3, -0.25) is 0 Å². The van der Waals surface area contributed by atoms with E-state index in [1.54, 1.807) is 10.4 Å². The van der Waals surface area contributed by atoms with Gasteiger partial charge in [0, 0.05) is 17.1 Å². The van der Waals surface area contributed by atoms with Crippen molar-refractivity contribution in [2.45, 2.75) is 50.1 Å². The number of piperidine rings is 1. The van der Waals surface area contributed by atoms with Crippen LogP contribution in [0.1, 0.15) is 33.1 Å². The van der Waals surface area contributed by atoms with Crippen molar-refractivity contribution in [2.24, 2.45) is 0 Å². The second kappa shape index (κ2) is 5.60. The molecule has 6 heteroatoms. The molecule has 1 aliphatic rings. The molecule has 2 atom stereocenters. The lowest BCUT2D eigenvalue weighted by Crippen LogP contribution is -2.47. The number of hydrogen-bond acceptors (Lipinski definition) is 2. The number of nitrogens with zero attached hydrogens (tertiary/aromatic N) is 1. The van der Waals surface area contributed by atoms with Crippen LogP contribution in [0.3, 0.4) is 0 Å². The summed E-state index contributed by atoms with van der Waals surface area (Å²) in [6.07, 6.45) is 2.81. The highest BCUT2D eigenvalue weighted by Crippen LogP contribution is 2.33. The summed E-state index contributed by atoms with van der Waals surface area (Å²) in [7, 11) is -3.60. The van der Waals surface area contributed by atoms with Gasteiger partial charge in [0.1, 0.15) is 4.90 Å². The van der Waals surface area contributed by atoms with Gasteiger partial charge in [0.15, 0.2) is 0 Å². The van der Waals surface area contributed by atoms with E-state index in [0.717, 1.165) is 19.3 Å². The first-order valence-corrected chi connectivity index (χ1v) is 8.52. The zero-order valence-electron chi connectivity index (χ0n) is 10.9. The van der Waals surface area contributed by atoms with Gasteiger partial charge in [0.05, 0.1) is 5.02 Å². The first-order chi connectivity index (χ1) is 8.84. The van der Waals surface area contributed by atoms with E-state index in [-0.39, 0.29) is 22.0 Å². The molecule has 0 aromatic heterocycles. The maximum absolute atomic E-state index is 12.8. The highest BCUT2D eigenvalue weighted by molar-refractivity contribution is 7.89. The standard InChI is InChI=1S/C13H17Cl2NO2S/c1-9-4-3-5-10(2)16(9)19(17,18)13-8-11(14)6-7-12(13)15/h6-10H,3-5H2,1-2H3. The molecule has 2 unspecified atom stereocenters. The maximum Gasteiger partial charge on any atom is 0.245 e. The molecule has 106 valence electrons. The molecule has 0 N–H and O–H groups in total. The maximum atomic E-state index is 12.8. The number of hydrogen-bond donors (Lipinski definition) is 0. The van der Waals surface area contributed by atoms with E-state index in [4.69, 9.17) is 23.2 Å². The Morgan fingerprint density at radius 2 is 1.74 bits per heavy atom. The van der Waals surface area contributed by atoms with Crippen LogP contribution in [0.25, 0.3) is 0 Å². The average molecular weight is 322 g/mol. The number of sulfonamides is 1. The fourth-order valence-electron chi connectivity index (χ4n) is 2.66. The fraction of sp³-hybridized carbons (Fsp3) is 0.538. The molecule has 0 radical (unpaired) electrons. The van der Waals surface area contributed by atoms with Crippen molar-refractivity contribution in [3.05, 3.63) is 28.2 Å². The fourth-order valence-corrected chi connectivity index (χ4v) is 5.28. The van der Waals surface area contributed by atoms with Crippen LogP contribution >= 0.6 is 23.2 Å². The van der Waals surface area contributed by atoms with Gasteiger partial charge < -0.3 is 0 Å². The Morgan fingerprint density at radius 1 is 1.16 bits per heavy atom. The third-order valence-corrected chi connectivity index (χ3v) is 6.41. The van der Waals surface area contributed by atoms with Crippen molar-refractivity contribution in [2.75, 3.05) is 0 Å². The highest BCUT2D eigenvalue weighted by Gasteiger charge is 2.36. The van der Waals surface area contributed by atoms with Crippen molar-refractivity contribution in [3.8, 4) is 0 Å². The van der Waals surface area contributed by atoms with E-state index in [2.05, 4.69) is 0 Å². The molecule has 0 bridgehead atoms. The molecule has 2 rings (SSSR count). The molecule has 1 fully saturated rings. The van der Waals surface area contributed by atoms with E-state index in [0.29, 0.717) is 5.02 Å². The topological polar surface area (TPSA) is 37.4 Å². The summed E-state index contributed by atoms with van der Waals surface area (Å²) in [6.45, 7) is 3.87. The summed E-state index contributed by atoms with van der Waals surface area (Å²) in [5.41, 5.74) is 0. The Morgan fingerprint density at radius 3 is 2.32 bits per heavy atom. The van der Waals surface area contributed by atoms with Crippen LogP contribution in [0.15, 0.2) is 23.1 Å². The quantitative estimate of drug-likeness (QED) is 0.827. The van der Waals surface area contributed by atoms with Crippen molar-refractivity contribution in [3.63, 3.8) is 0 Å². The van der Waals surface area contributed by atoms with Crippen LogP contribution in [0.5, 0.6) is 0 Å². The molecule has 1 aromatic rings. The van der Waals surface area contributed by atoms with E-state index < -0.39 is 10.0 Å². The van der Waals surface area contributed by atoms with Crippen LogP contribution < -0.4 is 0 Å².